The number of likely N-dealkylation sites (N-methyl/N-ethyl adjacent to an activating group) is 1. The molecule has 1 N–H and O–H groups in total. The Labute approximate surface area is 128 Å². The number of hydrogen-bond acceptors (Lipinski definition) is 4. The first kappa shape index (κ1) is 16.2. The summed E-state index contributed by atoms with van der Waals surface area (Å²) in [7, 11) is 4.22. The lowest BCUT2D eigenvalue weighted by atomic mass is 9.93. The van der Waals surface area contributed by atoms with Crippen molar-refractivity contribution in [3.8, 4) is 5.75 Å². The number of aromatic nitrogens is 1. The Bertz CT molecular complexity index is 442. The quantitative estimate of drug-likeness (QED) is 0.874. The molecule has 21 heavy (non-hydrogen) atoms. The topological polar surface area (TPSA) is 37.4 Å². The van der Waals surface area contributed by atoms with Crippen LogP contribution in [0.5, 0.6) is 5.75 Å². The number of aryl methyl sites for hydroxylation is 1. The van der Waals surface area contributed by atoms with Crippen LogP contribution in [0.15, 0.2) is 12.3 Å². The normalized spacial score (nSPS) is 18.0. The van der Waals surface area contributed by atoms with Gasteiger partial charge in [-0.25, -0.2) is 0 Å². The van der Waals surface area contributed by atoms with Crippen LogP contribution < -0.4 is 10.1 Å². The fourth-order valence-electron chi connectivity index (χ4n) is 2.89. The molecule has 1 aliphatic heterocycles. The second-order valence-electron chi connectivity index (χ2n) is 6.26. The minimum absolute atomic E-state index is 0.450. The summed E-state index contributed by atoms with van der Waals surface area (Å²) in [5.74, 6) is 1.52. The van der Waals surface area contributed by atoms with Crippen LogP contribution in [0, 0.1) is 6.92 Å². The summed E-state index contributed by atoms with van der Waals surface area (Å²) < 4.78 is 6.16. The van der Waals surface area contributed by atoms with Gasteiger partial charge in [-0.15, -0.1) is 0 Å². The highest BCUT2D eigenvalue weighted by molar-refractivity contribution is 5.34. The van der Waals surface area contributed by atoms with Crippen molar-refractivity contribution >= 4 is 0 Å². The predicted molar refractivity (Wildman–Crippen MR) is 87.1 cm³/mol. The van der Waals surface area contributed by atoms with Gasteiger partial charge < -0.3 is 15.0 Å². The number of nitrogens with one attached hydrogen (secondary N) is 1. The first-order valence-corrected chi connectivity index (χ1v) is 8.08. The largest absolute Gasteiger partial charge is 0.490 e. The van der Waals surface area contributed by atoms with Crippen LogP contribution in [0.25, 0.3) is 0 Å². The van der Waals surface area contributed by atoms with E-state index in [9.17, 15) is 0 Å². The lowest BCUT2D eigenvalue weighted by molar-refractivity contribution is 0.178. The molecule has 1 saturated heterocycles. The lowest BCUT2D eigenvalue weighted by Gasteiger charge is -2.26. The van der Waals surface area contributed by atoms with Gasteiger partial charge in [-0.3, -0.25) is 4.98 Å². The molecule has 1 aliphatic rings. The van der Waals surface area contributed by atoms with Gasteiger partial charge in [0.15, 0.2) is 0 Å². The second kappa shape index (κ2) is 7.76. The van der Waals surface area contributed by atoms with E-state index >= 15 is 0 Å². The number of rotatable bonds is 6. The average molecular weight is 291 g/mol. The molecule has 4 heteroatoms. The molecule has 0 aliphatic carbocycles. The maximum atomic E-state index is 6.16. The van der Waals surface area contributed by atoms with Gasteiger partial charge >= 0.3 is 0 Å². The van der Waals surface area contributed by atoms with Crippen molar-refractivity contribution in [2.24, 2.45) is 0 Å². The van der Waals surface area contributed by atoms with Gasteiger partial charge in [-0.2, -0.15) is 0 Å². The van der Waals surface area contributed by atoms with Crippen LogP contribution in [0.4, 0.5) is 0 Å². The third-order valence-corrected chi connectivity index (χ3v) is 4.38. The lowest BCUT2D eigenvalue weighted by Crippen LogP contribution is -2.33. The summed E-state index contributed by atoms with van der Waals surface area (Å²) in [6.07, 6.45) is 5.36. The molecule has 0 aromatic carbocycles. The summed E-state index contributed by atoms with van der Waals surface area (Å²) in [6.45, 7) is 7.17. The third kappa shape index (κ3) is 4.42. The molecule has 118 valence electrons. The number of piperidine rings is 1. The number of nitrogens with zero attached hydrogens (tertiary/aromatic N) is 2. The molecule has 1 aromatic rings. The molecule has 0 saturated carbocycles. The molecule has 1 atom stereocenters. The summed E-state index contributed by atoms with van der Waals surface area (Å²) >= 11 is 0. The summed E-state index contributed by atoms with van der Waals surface area (Å²) in [5.41, 5.74) is 2.32. The van der Waals surface area contributed by atoms with Gasteiger partial charge in [0.05, 0.1) is 5.69 Å². The van der Waals surface area contributed by atoms with Crippen LogP contribution in [0.2, 0.25) is 0 Å². The molecule has 0 bridgehead atoms. The molecule has 1 fully saturated rings. The predicted octanol–water partition coefficient (Wildman–Crippen LogP) is 2.58. The van der Waals surface area contributed by atoms with Gasteiger partial charge in [0.25, 0.3) is 0 Å². The molecular weight excluding hydrogens is 262 g/mol. The third-order valence-electron chi connectivity index (χ3n) is 4.38. The van der Waals surface area contributed by atoms with Crippen molar-refractivity contribution in [1.29, 1.82) is 0 Å². The fraction of sp³-hybridized carbons (Fsp3) is 0.706. The van der Waals surface area contributed by atoms with Crippen molar-refractivity contribution in [2.45, 2.75) is 45.1 Å². The van der Waals surface area contributed by atoms with Crippen molar-refractivity contribution in [2.75, 3.05) is 33.8 Å². The molecule has 0 spiro atoms. The minimum Gasteiger partial charge on any atom is -0.490 e. The molecular formula is C17H29N3O. The van der Waals surface area contributed by atoms with Crippen molar-refractivity contribution < 1.29 is 4.74 Å². The van der Waals surface area contributed by atoms with E-state index in [0.717, 1.165) is 50.4 Å². The van der Waals surface area contributed by atoms with Gasteiger partial charge in [-0.05, 0) is 65.0 Å². The Kier molecular flexibility index (Phi) is 6.00. The van der Waals surface area contributed by atoms with E-state index in [0.29, 0.717) is 12.0 Å². The standard InChI is InChI=1S/C17H29N3O/c1-5-15(20(3)4)12-21-16-10-13(2)11-19-17(16)14-6-8-18-9-7-14/h10-11,14-15,18H,5-9,12H2,1-4H3/t15-/m1/s1. The van der Waals surface area contributed by atoms with E-state index in [-0.39, 0.29) is 0 Å². The Hall–Kier alpha value is -1.13. The summed E-state index contributed by atoms with van der Waals surface area (Å²) in [6, 6.07) is 2.60. The molecule has 2 heterocycles. The monoisotopic (exact) mass is 291 g/mol. The van der Waals surface area contributed by atoms with E-state index in [2.05, 4.69) is 49.2 Å². The molecule has 0 amide bonds. The minimum atomic E-state index is 0.450. The van der Waals surface area contributed by atoms with Gasteiger partial charge in [0.1, 0.15) is 12.4 Å². The summed E-state index contributed by atoms with van der Waals surface area (Å²) in [5, 5.41) is 3.41. The molecule has 2 rings (SSSR count). The zero-order valence-corrected chi connectivity index (χ0v) is 13.9. The molecule has 4 nitrogen and oxygen atoms in total. The maximum Gasteiger partial charge on any atom is 0.141 e. The number of hydrogen-bond donors (Lipinski definition) is 1. The Morgan fingerprint density at radius 2 is 2.10 bits per heavy atom. The zero-order valence-electron chi connectivity index (χ0n) is 13.9. The van der Waals surface area contributed by atoms with Crippen LogP contribution >= 0.6 is 0 Å². The van der Waals surface area contributed by atoms with E-state index in [1.165, 1.54) is 5.56 Å². The molecule has 0 unspecified atom stereocenters. The van der Waals surface area contributed by atoms with Gasteiger partial charge in [-0.1, -0.05) is 6.92 Å². The molecule has 1 aromatic heterocycles. The first-order valence-electron chi connectivity index (χ1n) is 8.08. The van der Waals surface area contributed by atoms with Gasteiger partial charge in [0.2, 0.25) is 0 Å². The Morgan fingerprint density at radius 3 is 2.71 bits per heavy atom. The fourth-order valence-corrected chi connectivity index (χ4v) is 2.89. The van der Waals surface area contributed by atoms with Crippen LogP contribution in [-0.2, 0) is 0 Å². The average Bonchev–Trinajstić information content (AvgIpc) is 2.48. The summed E-state index contributed by atoms with van der Waals surface area (Å²) in [4.78, 5) is 6.91. The van der Waals surface area contributed by atoms with Crippen molar-refractivity contribution in [1.82, 2.24) is 15.2 Å². The van der Waals surface area contributed by atoms with E-state index in [1.807, 2.05) is 6.20 Å². The number of pyridine rings is 1. The smallest absolute Gasteiger partial charge is 0.141 e. The SMILES string of the molecule is CC[C@H](COc1cc(C)cnc1C1CCNCC1)N(C)C. The van der Waals surface area contributed by atoms with E-state index in [1.54, 1.807) is 0 Å². The van der Waals surface area contributed by atoms with Crippen molar-refractivity contribution in [3.63, 3.8) is 0 Å². The highest BCUT2D eigenvalue weighted by atomic mass is 16.5. The molecule has 0 radical (unpaired) electrons. The van der Waals surface area contributed by atoms with E-state index < -0.39 is 0 Å². The highest BCUT2D eigenvalue weighted by Gasteiger charge is 2.21. The maximum absolute atomic E-state index is 6.16. The second-order valence-corrected chi connectivity index (χ2v) is 6.26. The van der Waals surface area contributed by atoms with Crippen LogP contribution in [0.3, 0.4) is 0 Å². The Morgan fingerprint density at radius 1 is 1.38 bits per heavy atom. The highest BCUT2D eigenvalue weighted by Crippen LogP contribution is 2.31. The van der Waals surface area contributed by atoms with Crippen LogP contribution in [0.1, 0.15) is 43.4 Å². The number of ether oxygens (including phenoxy) is 1. The first-order chi connectivity index (χ1) is 10.1. The van der Waals surface area contributed by atoms with Crippen molar-refractivity contribution in [3.05, 3.63) is 23.5 Å². The van der Waals surface area contributed by atoms with Gasteiger partial charge in [0, 0.05) is 18.2 Å². The zero-order chi connectivity index (χ0) is 15.2. The van der Waals surface area contributed by atoms with E-state index in [4.69, 9.17) is 4.74 Å². The van der Waals surface area contributed by atoms with Crippen LogP contribution in [-0.4, -0.2) is 49.7 Å². The Balaban J connectivity index is 2.11.